The van der Waals surface area contributed by atoms with Gasteiger partial charge in [-0.05, 0) is 31.5 Å². The first-order valence-corrected chi connectivity index (χ1v) is 9.11. The van der Waals surface area contributed by atoms with E-state index in [1.54, 1.807) is 29.7 Å². The van der Waals surface area contributed by atoms with Gasteiger partial charge in [-0.15, -0.1) is 0 Å². The molecule has 0 unspecified atom stereocenters. The fourth-order valence-corrected chi connectivity index (χ4v) is 2.80. The van der Waals surface area contributed by atoms with E-state index in [2.05, 4.69) is 20.5 Å². The SMILES string of the molecule is CC(Cl)=CCn1c(NN=C(C)c2ccc(Cl)cc2)nc2c1c(=O)[nH]c(=O)n2C. The first-order valence-electron chi connectivity index (χ1n) is 8.36. The molecule has 1 aromatic carbocycles. The van der Waals surface area contributed by atoms with Crippen molar-refractivity contribution < 1.29 is 0 Å². The van der Waals surface area contributed by atoms with E-state index < -0.39 is 11.2 Å². The van der Waals surface area contributed by atoms with Crippen LogP contribution in [0.2, 0.25) is 5.02 Å². The number of nitrogens with one attached hydrogen (secondary N) is 2. The number of imidazole rings is 1. The number of aryl methyl sites for hydroxylation is 1. The Bertz CT molecular complexity index is 1200. The minimum absolute atomic E-state index is 0.247. The molecule has 2 N–H and O–H groups in total. The van der Waals surface area contributed by atoms with Gasteiger partial charge in [-0.1, -0.05) is 41.4 Å². The summed E-state index contributed by atoms with van der Waals surface area (Å²) < 4.78 is 2.88. The minimum Gasteiger partial charge on any atom is -0.299 e. The number of hydrogen-bond acceptors (Lipinski definition) is 5. The number of anilines is 1. The quantitative estimate of drug-likeness (QED) is 0.489. The van der Waals surface area contributed by atoms with Crippen LogP contribution >= 0.6 is 23.2 Å². The zero-order chi connectivity index (χ0) is 20.4. The zero-order valence-corrected chi connectivity index (χ0v) is 17.0. The summed E-state index contributed by atoms with van der Waals surface area (Å²) in [7, 11) is 1.53. The second kappa shape index (κ2) is 8.04. The molecule has 8 nitrogen and oxygen atoms in total. The van der Waals surface area contributed by atoms with Gasteiger partial charge in [-0.3, -0.25) is 18.9 Å². The Morgan fingerprint density at radius 2 is 1.96 bits per heavy atom. The van der Waals surface area contributed by atoms with Crippen LogP contribution in [0.25, 0.3) is 11.2 Å². The molecule has 0 radical (unpaired) electrons. The summed E-state index contributed by atoms with van der Waals surface area (Å²) in [4.78, 5) is 30.9. The first kappa shape index (κ1) is 19.9. The number of allylic oxidation sites excluding steroid dienone is 2. The summed E-state index contributed by atoms with van der Waals surface area (Å²) >= 11 is 11.9. The second-order valence-electron chi connectivity index (χ2n) is 6.14. The molecule has 0 aliphatic heterocycles. The Balaban J connectivity index is 2.09. The molecule has 0 bridgehead atoms. The van der Waals surface area contributed by atoms with E-state index in [9.17, 15) is 9.59 Å². The summed E-state index contributed by atoms with van der Waals surface area (Å²) in [6.45, 7) is 3.84. The Morgan fingerprint density at radius 1 is 1.29 bits per heavy atom. The summed E-state index contributed by atoms with van der Waals surface area (Å²) in [5, 5.41) is 5.54. The molecule has 0 saturated carbocycles. The van der Waals surface area contributed by atoms with Crippen molar-refractivity contribution in [2.24, 2.45) is 12.1 Å². The van der Waals surface area contributed by atoms with E-state index in [0.29, 0.717) is 21.7 Å². The molecule has 0 saturated heterocycles. The average Bonchev–Trinajstić information content (AvgIpc) is 3.02. The van der Waals surface area contributed by atoms with E-state index in [1.165, 1.54) is 11.6 Å². The maximum absolute atomic E-state index is 12.4. The third-order valence-electron chi connectivity index (χ3n) is 4.15. The standard InChI is InChI=1S/C18H18Cl2N6O2/c1-10(19)8-9-26-14-15(25(3)18(28)22-16(14)27)21-17(26)24-23-11(2)12-4-6-13(20)7-5-12/h4-8H,9H2,1-3H3,(H,21,24)(H,22,27,28). The highest BCUT2D eigenvalue weighted by atomic mass is 35.5. The molecule has 0 atom stereocenters. The van der Waals surface area contributed by atoms with Gasteiger partial charge in [0.1, 0.15) is 0 Å². The number of halogens is 2. The first-order chi connectivity index (χ1) is 13.3. The van der Waals surface area contributed by atoms with E-state index in [1.807, 2.05) is 19.1 Å². The number of hydrogen-bond donors (Lipinski definition) is 2. The monoisotopic (exact) mass is 420 g/mol. The predicted molar refractivity (Wildman–Crippen MR) is 112 cm³/mol. The van der Waals surface area contributed by atoms with Gasteiger partial charge in [0.25, 0.3) is 5.56 Å². The molecule has 3 rings (SSSR count). The van der Waals surface area contributed by atoms with Crippen LogP contribution in [-0.4, -0.2) is 24.8 Å². The second-order valence-corrected chi connectivity index (χ2v) is 7.18. The molecule has 0 aliphatic rings. The van der Waals surface area contributed by atoms with Crippen molar-refractivity contribution in [3.63, 3.8) is 0 Å². The number of hydrazone groups is 1. The Hall–Kier alpha value is -2.84. The van der Waals surface area contributed by atoms with Gasteiger partial charge in [0.15, 0.2) is 11.2 Å². The number of aromatic amines is 1. The molecule has 146 valence electrons. The zero-order valence-electron chi connectivity index (χ0n) is 15.5. The lowest BCUT2D eigenvalue weighted by Gasteiger charge is -2.07. The van der Waals surface area contributed by atoms with Crippen molar-refractivity contribution in [3.8, 4) is 0 Å². The molecule has 0 spiro atoms. The third kappa shape index (κ3) is 4.02. The van der Waals surface area contributed by atoms with Crippen molar-refractivity contribution in [2.45, 2.75) is 20.4 Å². The maximum atomic E-state index is 12.4. The number of aromatic nitrogens is 4. The molecule has 0 amide bonds. The summed E-state index contributed by atoms with van der Waals surface area (Å²) in [5.41, 5.74) is 3.87. The van der Waals surface area contributed by atoms with Crippen molar-refractivity contribution >= 4 is 46.0 Å². The fourth-order valence-electron chi connectivity index (χ4n) is 2.60. The lowest BCUT2D eigenvalue weighted by atomic mass is 10.1. The molecule has 2 heterocycles. The van der Waals surface area contributed by atoms with Crippen LogP contribution in [0.5, 0.6) is 0 Å². The van der Waals surface area contributed by atoms with Crippen LogP contribution in [0, 0.1) is 0 Å². The highest BCUT2D eigenvalue weighted by Crippen LogP contribution is 2.17. The lowest BCUT2D eigenvalue weighted by Crippen LogP contribution is -2.29. The molecule has 2 aromatic heterocycles. The van der Waals surface area contributed by atoms with Crippen LogP contribution in [0.4, 0.5) is 5.95 Å². The number of fused-ring (bicyclic) bond motifs is 1. The van der Waals surface area contributed by atoms with Gasteiger partial charge >= 0.3 is 5.69 Å². The molecule has 0 fully saturated rings. The van der Waals surface area contributed by atoms with E-state index in [4.69, 9.17) is 23.2 Å². The molecule has 3 aromatic rings. The van der Waals surface area contributed by atoms with E-state index in [-0.39, 0.29) is 17.7 Å². The molecule has 28 heavy (non-hydrogen) atoms. The van der Waals surface area contributed by atoms with Crippen molar-refractivity contribution in [3.05, 3.63) is 66.8 Å². The topological polar surface area (TPSA) is 97.1 Å². The maximum Gasteiger partial charge on any atom is 0.329 e. The van der Waals surface area contributed by atoms with Crippen molar-refractivity contribution in [2.75, 3.05) is 5.43 Å². The Morgan fingerprint density at radius 3 is 2.61 bits per heavy atom. The molecule has 0 aliphatic carbocycles. The Labute approximate surface area is 170 Å². The smallest absolute Gasteiger partial charge is 0.299 e. The highest BCUT2D eigenvalue weighted by Gasteiger charge is 2.16. The van der Waals surface area contributed by atoms with Gasteiger partial charge in [0.2, 0.25) is 5.95 Å². The number of rotatable bonds is 5. The summed E-state index contributed by atoms with van der Waals surface area (Å²) in [5.74, 6) is 0.309. The van der Waals surface area contributed by atoms with Gasteiger partial charge < -0.3 is 0 Å². The third-order valence-corrected chi connectivity index (χ3v) is 4.55. The molecular formula is C18H18Cl2N6O2. The van der Waals surface area contributed by atoms with Crippen LogP contribution < -0.4 is 16.7 Å². The average molecular weight is 421 g/mol. The van der Waals surface area contributed by atoms with E-state index in [0.717, 1.165) is 5.56 Å². The highest BCUT2D eigenvalue weighted by molar-refractivity contribution is 6.30. The van der Waals surface area contributed by atoms with E-state index >= 15 is 0 Å². The van der Waals surface area contributed by atoms with Gasteiger partial charge in [-0.2, -0.15) is 10.1 Å². The summed E-state index contributed by atoms with van der Waals surface area (Å²) in [6.07, 6.45) is 1.73. The molecular weight excluding hydrogens is 403 g/mol. The summed E-state index contributed by atoms with van der Waals surface area (Å²) in [6, 6.07) is 7.24. The van der Waals surface area contributed by atoms with Crippen LogP contribution in [0.15, 0.2) is 50.1 Å². The Kier molecular flexibility index (Phi) is 5.71. The van der Waals surface area contributed by atoms with Crippen LogP contribution in [0.1, 0.15) is 19.4 Å². The lowest BCUT2D eigenvalue weighted by molar-refractivity contribution is 0.818. The number of H-pyrrole nitrogens is 1. The van der Waals surface area contributed by atoms with Crippen LogP contribution in [-0.2, 0) is 13.6 Å². The van der Waals surface area contributed by atoms with Crippen molar-refractivity contribution in [1.82, 2.24) is 19.1 Å². The predicted octanol–water partition coefficient (Wildman–Crippen LogP) is 3.06. The van der Waals surface area contributed by atoms with Gasteiger partial charge in [-0.25, -0.2) is 10.2 Å². The fraction of sp³-hybridized carbons (Fsp3) is 0.222. The molecule has 10 heteroatoms. The largest absolute Gasteiger partial charge is 0.329 e. The van der Waals surface area contributed by atoms with Crippen LogP contribution in [0.3, 0.4) is 0 Å². The van der Waals surface area contributed by atoms with Crippen molar-refractivity contribution in [1.29, 1.82) is 0 Å². The number of benzene rings is 1. The van der Waals surface area contributed by atoms with Gasteiger partial charge in [0.05, 0.1) is 5.71 Å². The minimum atomic E-state index is -0.543. The number of nitrogens with zero attached hydrogens (tertiary/aromatic N) is 4. The van der Waals surface area contributed by atoms with Gasteiger partial charge in [0, 0.05) is 23.6 Å². The normalized spacial score (nSPS) is 12.6.